The largest absolute Gasteiger partial charge is 0.334 e. The summed E-state index contributed by atoms with van der Waals surface area (Å²) in [6.07, 6.45) is 4.00. The van der Waals surface area contributed by atoms with Gasteiger partial charge in [0.15, 0.2) is 5.69 Å². The third kappa shape index (κ3) is 2.84. The molecule has 1 saturated heterocycles. The summed E-state index contributed by atoms with van der Waals surface area (Å²) in [5.74, 6) is 0.0887. The zero-order valence-corrected chi connectivity index (χ0v) is 14.1. The average molecular weight is 324 g/mol. The number of nitrogens with zero attached hydrogens (tertiary/aromatic N) is 2. The molecule has 2 aromatic rings. The number of amides is 1. The molecule has 2 N–H and O–H groups in total. The van der Waals surface area contributed by atoms with Gasteiger partial charge < -0.3 is 10.2 Å². The molecule has 0 radical (unpaired) electrons. The molecule has 1 unspecified atom stereocenters. The second-order valence-electron chi connectivity index (χ2n) is 6.94. The van der Waals surface area contributed by atoms with Crippen LogP contribution in [0.25, 0.3) is 0 Å². The topological polar surface area (TPSA) is 61.0 Å². The van der Waals surface area contributed by atoms with Gasteiger partial charge in [-0.15, -0.1) is 0 Å². The zero-order valence-electron chi connectivity index (χ0n) is 14.1. The smallest absolute Gasteiger partial charge is 0.274 e. The number of carbonyl (C=O) groups is 1. The number of benzene rings is 1. The van der Waals surface area contributed by atoms with E-state index in [1.807, 2.05) is 4.90 Å². The molecular weight excluding hydrogens is 300 g/mol. The Labute approximate surface area is 142 Å². The summed E-state index contributed by atoms with van der Waals surface area (Å²) < 4.78 is 0. The number of carbonyl (C=O) groups excluding carboxylic acids is 1. The third-order valence-corrected chi connectivity index (χ3v) is 5.24. The molecule has 1 atom stereocenters. The SMILES string of the molecule is Cc1ccc(CC2CCCN2C(=O)c2n[nH]c3c2CNCC3)cc1. The van der Waals surface area contributed by atoms with Crippen molar-refractivity contribution >= 4 is 5.91 Å². The molecule has 5 heteroatoms. The van der Waals surface area contributed by atoms with Gasteiger partial charge in [-0.3, -0.25) is 9.89 Å². The van der Waals surface area contributed by atoms with Crippen LogP contribution in [0.5, 0.6) is 0 Å². The lowest BCUT2D eigenvalue weighted by atomic mass is 10.0. The lowest BCUT2D eigenvalue weighted by molar-refractivity contribution is 0.0729. The fourth-order valence-corrected chi connectivity index (χ4v) is 3.85. The molecule has 3 heterocycles. The quantitative estimate of drug-likeness (QED) is 0.910. The summed E-state index contributed by atoms with van der Waals surface area (Å²) in [6, 6.07) is 8.93. The van der Waals surface area contributed by atoms with Gasteiger partial charge in [0.05, 0.1) is 0 Å². The van der Waals surface area contributed by atoms with Crippen molar-refractivity contribution in [1.29, 1.82) is 0 Å². The molecule has 0 bridgehead atoms. The monoisotopic (exact) mass is 324 g/mol. The second-order valence-corrected chi connectivity index (χ2v) is 6.94. The van der Waals surface area contributed by atoms with E-state index in [9.17, 15) is 4.79 Å². The lowest BCUT2D eigenvalue weighted by Crippen LogP contribution is -2.38. The molecule has 0 aliphatic carbocycles. The van der Waals surface area contributed by atoms with Crippen molar-refractivity contribution in [3.63, 3.8) is 0 Å². The maximum atomic E-state index is 13.1. The zero-order chi connectivity index (χ0) is 16.5. The first kappa shape index (κ1) is 15.4. The van der Waals surface area contributed by atoms with E-state index in [2.05, 4.69) is 46.7 Å². The summed E-state index contributed by atoms with van der Waals surface area (Å²) in [7, 11) is 0. The lowest BCUT2D eigenvalue weighted by Gasteiger charge is -2.25. The highest BCUT2D eigenvalue weighted by Crippen LogP contribution is 2.25. The molecule has 0 spiro atoms. The van der Waals surface area contributed by atoms with Gasteiger partial charge in [0.1, 0.15) is 0 Å². The molecule has 126 valence electrons. The number of aromatic amines is 1. The van der Waals surface area contributed by atoms with E-state index < -0.39 is 0 Å². The minimum atomic E-state index is 0.0887. The first-order chi connectivity index (χ1) is 11.7. The van der Waals surface area contributed by atoms with Crippen LogP contribution in [0.2, 0.25) is 0 Å². The summed E-state index contributed by atoms with van der Waals surface area (Å²) >= 11 is 0. The highest BCUT2D eigenvalue weighted by atomic mass is 16.2. The van der Waals surface area contributed by atoms with Crippen molar-refractivity contribution in [2.45, 2.75) is 45.2 Å². The second kappa shape index (κ2) is 6.40. The predicted octanol–water partition coefficient (Wildman–Crippen LogP) is 2.21. The summed E-state index contributed by atoms with van der Waals surface area (Å²) in [5, 5.41) is 10.7. The van der Waals surface area contributed by atoms with Crippen LogP contribution in [0.1, 0.15) is 45.7 Å². The predicted molar refractivity (Wildman–Crippen MR) is 92.9 cm³/mol. The molecule has 2 aliphatic heterocycles. The maximum Gasteiger partial charge on any atom is 0.274 e. The Balaban J connectivity index is 1.53. The van der Waals surface area contributed by atoms with Crippen LogP contribution in [0.4, 0.5) is 0 Å². The number of rotatable bonds is 3. The molecule has 2 aliphatic rings. The molecule has 24 heavy (non-hydrogen) atoms. The summed E-state index contributed by atoms with van der Waals surface area (Å²) in [4.78, 5) is 15.1. The van der Waals surface area contributed by atoms with E-state index in [0.29, 0.717) is 5.69 Å². The number of H-pyrrole nitrogens is 1. The molecule has 1 amide bonds. The molecular formula is C19H24N4O. The van der Waals surface area contributed by atoms with Crippen LogP contribution in [0.15, 0.2) is 24.3 Å². The Kier molecular flexibility index (Phi) is 4.10. The van der Waals surface area contributed by atoms with E-state index in [1.165, 1.54) is 11.1 Å². The highest BCUT2D eigenvalue weighted by molar-refractivity contribution is 5.94. The molecule has 1 fully saturated rings. The number of fused-ring (bicyclic) bond motifs is 1. The van der Waals surface area contributed by atoms with Gasteiger partial charge >= 0.3 is 0 Å². The van der Waals surface area contributed by atoms with Gasteiger partial charge in [0.2, 0.25) is 0 Å². The molecule has 0 saturated carbocycles. The van der Waals surface area contributed by atoms with Crippen LogP contribution in [0.3, 0.4) is 0 Å². The van der Waals surface area contributed by atoms with E-state index in [4.69, 9.17) is 0 Å². The number of aryl methyl sites for hydroxylation is 1. The van der Waals surface area contributed by atoms with Crippen LogP contribution in [-0.4, -0.2) is 40.1 Å². The van der Waals surface area contributed by atoms with Gasteiger partial charge in [0, 0.05) is 43.4 Å². The first-order valence-corrected chi connectivity index (χ1v) is 8.86. The Hall–Kier alpha value is -2.14. The fourth-order valence-electron chi connectivity index (χ4n) is 3.85. The van der Waals surface area contributed by atoms with Crippen LogP contribution < -0.4 is 5.32 Å². The number of hydrogen-bond acceptors (Lipinski definition) is 3. The highest BCUT2D eigenvalue weighted by Gasteiger charge is 2.33. The van der Waals surface area contributed by atoms with Crippen LogP contribution >= 0.6 is 0 Å². The average Bonchev–Trinajstić information content (AvgIpc) is 3.23. The number of hydrogen-bond donors (Lipinski definition) is 2. The van der Waals surface area contributed by atoms with E-state index in [-0.39, 0.29) is 11.9 Å². The Morgan fingerprint density at radius 2 is 2.17 bits per heavy atom. The Morgan fingerprint density at radius 3 is 3.00 bits per heavy atom. The van der Waals surface area contributed by atoms with E-state index in [1.54, 1.807) is 0 Å². The van der Waals surface area contributed by atoms with E-state index in [0.717, 1.165) is 56.6 Å². The summed E-state index contributed by atoms with van der Waals surface area (Å²) in [6.45, 7) is 4.63. The standard InChI is InChI=1S/C19H24N4O/c1-13-4-6-14(7-5-13)11-15-3-2-10-23(15)19(24)18-16-12-20-9-8-17(16)21-22-18/h4-7,15,20H,2-3,8-12H2,1H3,(H,21,22). The van der Waals surface area contributed by atoms with Gasteiger partial charge in [-0.25, -0.2) is 0 Å². The van der Waals surface area contributed by atoms with Crippen molar-refractivity contribution in [3.8, 4) is 0 Å². The van der Waals surface area contributed by atoms with Crippen LogP contribution in [-0.2, 0) is 19.4 Å². The van der Waals surface area contributed by atoms with Crippen molar-refractivity contribution in [2.24, 2.45) is 0 Å². The van der Waals surface area contributed by atoms with Crippen molar-refractivity contribution in [1.82, 2.24) is 20.4 Å². The van der Waals surface area contributed by atoms with Crippen molar-refractivity contribution in [3.05, 3.63) is 52.3 Å². The molecule has 1 aromatic heterocycles. The van der Waals surface area contributed by atoms with E-state index >= 15 is 0 Å². The van der Waals surface area contributed by atoms with Crippen molar-refractivity contribution in [2.75, 3.05) is 13.1 Å². The normalized spacial score (nSPS) is 20.2. The van der Waals surface area contributed by atoms with Crippen LogP contribution in [0, 0.1) is 6.92 Å². The maximum absolute atomic E-state index is 13.1. The Bertz CT molecular complexity index is 734. The fraction of sp³-hybridized carbons (Fsp3) is 0.474. The Morgan fingerprint density at radius 1 is 1.33 bits per heavy atom. The van der Waals surface area contributed by atoms with Gasteiger partial charge in [-0.2, -0.15) is 5.10 Å². The third-order valence-electron chi connectivity index (χ3n) is 5.24. The first-order valence-electron chi connectivity index (χ1n) is 8.86. The summed E-state index contributed by atoms with van der Waals surface area (Å²) in [5.41, 5.74) is 5.37. The number of aromatic nitrogens is 2. The van der Waals surface area contributed by atoms with Crippen molar-refractivity contribution < 1.29 is 4.79 Å². The van der Waals surface area contributed by atoms with Gasteiger partial charge in [0.25, 0.3) is 5.91 Å². The molecule has 4 rings (SSSR count). The number of nitrogens with one attached hydrogen (secondary N) is 2. The number of likely N-dealkylation sites (tertiary alicyclic amines) is 1. The minimum Gasteiger partial charge on any atom is -0.334 e. The van der Waals surface area contributed by atoms with Gasteiger partial charge in [-0.1, -0.05) is 29.8 Å². The molecule has 5 nitrogen and oxygen atoms in total. The minimum absolute atomic E-state index is 0.0887. The molecule has 1 aromatic carbocycles. The van der Waals surface area contributed by atoms with Gasteiger partial charge in [-0.05, 0) is 31.7 Å².